The minimum atomic E-state index is -3.51. The summed E-state index contributed by atoms with van der Waals surface area (Å²) in [4.78, 5) is 0.259. The molecule has 0 aliphatic rings. The monoisotopic (exact) mass is 283 g/mol. The van der Waals surface area contributed by atoms with E-state index in [2.05, 4.69) is 0 Å². The van der Waals surface area contributed by atoms with Gasteiger partial charge in [0.25, 0.3) is 10.0 Å². The number of aliphatic hydroxyl groups excluding tert-OH is 1. The summed E-state index contributed by atoms with van der Waals surface area (Å²) < 4.78 is 25.6. The summed E-state index contributed by atoms with van der Waals surface area (Å²) in [6.45, 7) is 5.40. The van der Waals surface area contributed by atoms with Crippen molar-refractivity contribution >= 4 is 10.0 Å². The first kappa shape index (κ1) is 15.7. The van der Waals surface area contributed by atoms with Crippen molar-refractivity contribution in [2.75, 3.05) is 7.05 Å². The zero-order chi connectivity index (χ0) is 14.6. The Kier molecular flexibility index (Phi) is 5.14. The number of rotatable bonds is 5. The van der Waals surface area contributed by atoms with Gasteiger partial charge >= 0.3 is 0 Å². The summed E-state index contributed by atoms with van der Waals surface area (Å²) in [5.74, 6) is -0.101. The number of benzene rings is 1. The topological polar surface area (TPSA) is 57.6 Å². The van der Waals surface area contributed by atoms with E-state index in [0.29, 0.717) is 0 Å². The van der Waals surface area contributed by atoms with Gasteiger partial charge in [0.2, 0.25) is 0 Å². The third-order valence-electron chi connectivity index (χ3n) is 3.06. The molecule has 0 aromatic heterocycles. The van der Waals surface area contributed by atoms with Crippen molar-refractivity contribution in [2.45, 2.75) is 31.8 Å². The summed E-state index contributed by atoms with van der Waals surface area (Å²) in [7, 11) is -2.03. The van der Waals surface area contributed by atoms with Crippen LogP contribution >= 0.6 is 0 Å². The zero-order valence-electron chi connectivity index (χ0n) is 11.7. The van der Waals surface area contributed by atoms with E-state index in [1.54, 1.807) is 37.3 Å². The van der Waals surface area contributed by atoms with Crippen LogP contribution in [0.4, 0.5) is 0 Å². The highest BCUT2D eigenvalue weighted by molar-refractivity contribution is 7.89. The van der Waals surface area contributed by atoms with Gasteiger partial charge in [-0.3, -0.25) is 4.31 Å². The van der Waals surface area contributed by atoms with Crippen LogP contribution in [0.25, 0.3) is 0 Å². The van der Waals surface area contributed by atoms with E-state index in [-0.39, 0.29) is 10.8 Å². The van der Waals surface area contributed by atoms with Crippen LogP contribution < -0.4 is 0 Å². The number of hydrogen-bond donors (Lipinski definition) is 1. The molecular formula is C14H21NO3S. The molecule has 0 saturated heterocycles. The van der Waals surface area contributed by atoms with Crippen molar-refractivity contribution in [1.82, 2.24) is 4.31 Å². The highest BCUT2D eigenvalue weighted by Crippen LogP contribution is 2.16. The van der Waals surface area contributed by atoms with E-state index in [9.17, 15) is 13.5 Å². The Bertz CT molecular complexity index is 532. The predicted octanol–water partition coefficient (Wildman–Crippen LogP) is 2.15. The van der Waals surface area contributed by atoms with Gasteiger partial charge in [0.15, 0.2) is 0 Å². The van der Waals surface area contributed by atoms with E-state index in [4.69, 9.17) is 0 Å². The first-order chi connectivity index (χ1) is 8.75. The lowest BCUT2D eigenvalue weighted by Gasteiger charge is -2.16. The van der Waals surface area contributed by atoms with E-state index >= 15 is 0 Å². The molecule has 0 aliphatic carbocycles. The lowest BCUT2D eigenvalue weighted by Crippen LogP contribution is -2.22. The average Bonchev–Trinajstić information content (AvgIpc) is 2.35. The molecule has 106 valence electrons. The molecule has 0 radical (unpaired) electrons. The largest absolute Gasteiger partial charge is 0.393 e. The molecule has 0 bridgehead atoms. The first-order valence-electron chi connectivity index (χ1n) is 6.16. The normalized spacial score (nSPS) is 15.4. The maximum absolute atomic E-state index is 12.2. The van der Waals surface area contributed by atoms with Crippen molar-refractivity contribution in [2.24, 2.45) is 5.92 Å². The highest BCUT2D eigenvalue weighted by atomic mass is 32.2. The third-order valence-corrected chi connectivity index (χ3v) is 4.81. The smallest absolute Gasteiger partial charge is 0.263 e. The molecule has 4 nitrogen and oxygen atoms in total. The molecular weight excluding hydrogens is 262 g/mol. The predicted molar refractivity (Wildman–Crippen MR) is 76.1 cm³/mol. The zero-order valence-corrected chi connectivity index (χ0v) is 12.6. The van der Waals surface area contributed by atoms with E-state index in [1.807, 2.05) is 13.8 Å². The minimum absolute atomic E-state index is 0.101. The maximum atomic E-state index is 12.2. The lowest BCUT2D eigenvalue weighted by atomic mass is 10.1. The SMILES string of the molecule is Cc1ccc(S(=O)(=O)N(C)/C=C\[C@@H](C)[C@H](C)O)cc1. The van der Waals surface area contributed by atoms with Gasteiger partial charge in [0.1, 0.15) is 0 Å². The van der Waals surface area contributed by atoms with Crippen LogP contribution in [-0.4, -0.2) is 31.0 Å². The van der Waals surface area contributed by atoms with E-state index in [0.717, 1.165) is 9.87 Å². The van der Waals surface area contributed by atoms with Gasteiger partial charge < -0.3 is 5.11 Å². The van der Waals surface area contributed by atoms with Crippen molar-refractivity contribution in [3.63, 3.8) is 0 Å². The molecule has 19 heavy (non-hydrogen) atoms. The van der Waals surface area contributed by atoms with E-state index in [1.165, 1.54) is 13.2 Å². The molecule has 0 spiro atoms. The van der Waals surface area contributed by atoms with Crippen LogP contribution in [-0.2, 0) is 10.0 Å². The summed E-state index contributed by atoms with van der Waals surface area (Å²) in [5.41, 5.74) is 1.01. The van der Waals surface area contributed by atoms with Gasteiger partial charge in [-0.2, -0.15) is 0 Å². The van der Waals surface area contributed by atoms with Crippen LogP contribution in [0.2, 0.25) is 0 Å². The van der Waals surface area contributed by atoms with Crippen LogP contribution in [0.3, 0.4) is 0 Å². The molecule has 0 heterocycles. The Morgan fingerprint density at radius 1 is 1.21 bits per heavy atom. The lowest BCUT2D eigenvalue weighted by molar-refractivity contribution is 0.157. The Morgan fingerprint density at radius 2 is 1.74 bits per heavy atom. The number of nitrogens with zero attached hydrogens (tertiary/aromatic N) is 1. The first-order valence-corrected chi connectivity index (χ1v) is 7.60. The van der Waals surface area contributed by atoms with Gasteiger partial charge in [-0.05, 0) is 26.0 Å². The molecule has 1 aromatic rings. The van der Waals surface area contributed by atoms with Crippen LogP contribution in [0.1, 0.15) is 19.4 Å². The Hall–Kier alpha value is -1.33. The Balaban J connectivity index is 2.91. The van der Waals surface area contributed by atoms with Gasteiger partial charge in [0.05, 0.1) is 11.0 Å². The Morgan fingerprint density at radius 3 is 2.21 bits per heavy atom. The van der Waals surface area contributed by atoms with Crippen molar-refractivity contribution in [3.05, 3.63) is 42.1 Å². The molecule has 5 heteroatoms. The van der Waals surface area contributed by atoms with Crippen molar-refractivity contribution < 1.29 is 13.5 Å². The molecule has 1 rings (SSSR count). The highest BCUT2D eigenvalue weighted by Gasteiger charge is 2.17. The van der Waals surface area contributed by atoms with E-state index < -0.39 is 16.1 Å². The second-order valence-corrected chi connectivity index (χ2v) is 6.77. The summed E-state index contributed by atoms with van der Waals surface area (Å²) in [5, 5.41) is 9.36. The standard InChI is InChI=1S/C14H21NO3S/c1-11-5-7-14(8-6-11)19(17,18)15(4)10-9-12(2)13(3)16/h5-10,12-13,16H,1-4H3/b10-9-/t12-,13+/m1/s1. The van der Waals surface area contributed by atoms with Crippen molar-refractivity contribution in [3.8, 4) is 0 Å². The molecule has 0 saturated carbocycles. The molecule has 1 N–H and O–H groups in total. The minimum Gasteiger partial charge on any atom is -0.393 e. The number of aliphatic hydroxyl groups is 1. The molecule has 0 fully saturated rings. The molecule has 2 atom stereocenters. The summed E-state index contributed by atoms with van der Waals surface area (Å²) in [6, 6.07) is 6.71. The van der Waals surface area contributed by atoms with Gasteiger partial charge in [0, 0.05) is 19.2 Å². The third kappa shape index (κ3) is 4.08. The quantitative estimate of drug-likeness (QED) is 0.900. The van der Waals surface area contributed by atoms with Gasteiger partial charge in [-0.25, -0.2) is 8.42 Å². The average molecular weight is 283 g/mol. The van der Waals surface area contributed by atoms with Gasteiger partial charge in [-0.15, -0.1) is 0 Å². The fraction of sp³-hybridized carbons (Fsp3) is 0.429. The molecule has 0 aliphatic heterocycles. The number of sulfonamides is 1. The maximum Gasteiger partial charge on any atom is 0.263 e. The van der Waals surface area contributed by atoms with Crippen LogP contribution in [0.5, 0.6) is 0 Å². The molecule has 0 amide bonds. The summed E-state index contributed by atoms with van der Waals surface area (Å²) >= 11 is 0. The van der Waals surface area contributed by atoms with Gasteiger partial charge in [-0.1, -0.05) is 30.7 Å². The second kappa shape index (κ2) is 6.21. The second-order valence-electron chi connectivity index (χ2n) is 4.78. The molecule has 1 aromatic carbocycles. The van der Waals surface area contributed by atoms with Crippen molar-refractivity contribution in [1.29, 1.82) is 0 Å². The fourth-order valence-corrected chi connectivity index (χ4v) is 2.42. The van der Waals surface area contributed by atoms with Crippen LogP contribution in [0.15, 0.2) is 41.4 Å². The number of hydrogen-bond acceptors (Lipinski definition) is 3. The Labute approximate surface area is 115 Å². The number of aryl methyl sites for hydroxylation is 1. The van der Waals surface area contributed by atoms with Crippen LogP contribution in [0, 0.1) is 12.8 Å². The molecule has 0 unspecified atom stereocenters. The fourth-order valence-electron chi connectivity index (χ4n) is 1.37. The summed E-state index contributed by atoms with van der Waals surface area (Å²) in [6.07, 6.45) is 2.65.